The third-order valence-corrected chi connectivity index (χ3v) is 12.1. The number of nitrogens with zero attached hydrogens (tertiary/aromatic N) is 3. The maximum atomic E-state index is 14.2. The van der Waals surface area contributed by atoms with Gasteiger partial charge in [-0.3, -0.25) is 14.5 Å². The Morgan fingerprint density at radius 2 is 1.13 bits per heavy atom. The number of nitrogens with one attached hydrogen (secondary N) is 1. The number of carbonyl (C=O) groups is 2. The number of hydrogen-bond acceptors (Lipinski definition) is 4. The summed E-state index contributed by atoms with van der Waals surface area (Å²) in [4.78, 5) is 35.2. The summed E-state index contributed by atoms with van der Waals surface area (Å²) in [7, 11) is 2.20. The summed E-state index contributed by atoms with van der Waals surface area (Å²) < 4.78 is 0. The second-order valence-corrected chi connectivity index (χ2v) is 17.1. The van der Waals surface area contributed by atoms with Crippen molar-refractivity contribution in [1.29, 1.82) is 0 Å². The van der Waals surface area contributed by atoms with Gasteiger partial charge < -0.3 is 15.1 Å². The third-order valence-electron chi connectivity index (χ3n) is 12.1. The van der Waals surface area contributed by atoms with Crippen LogP contribution in [0.25, 0.3) is 0 Å². The van der Waals surface area contributed by atoms with Gasteiger partial charge in [0.25, 0.3) is 0 Å². The van der Waals surface area contributed by atoms with Crippen LogP contribution in [0.3, 0.4) is 0 Å². The van der Waals surface area contributed by atoms with Crippen LogP contribution in [-0.2, 0) is 9.59 Å². The minimum absolute atomic E-state index is 0.122. The number of likely N-dealkylation sites (N-methyl/N-ethyl adjacent to an activating group) is 1. The van der Waals surface area contributed by atoms with Crippen molar-refractivity contribution in [2.24, 2.45) is 0 Å². The van der Waals surface area contributed by atoms with E-state index in [0.717, 1.165) is 90.5 Å². The second-order valence-electron chi connectivity index (χ2n) is 17.1. The van der Waals surface area contributed by atoms with E-state index in [-0.39, 0.29) is 23.9 Å². The molecule has 6 nitrogen and oxygen atoms in total. The van der Waals surface area contributed by atoms with Crippen LogP contribution in [0.2, 0.25) is 0 Å². The Morgan fingerprint density at radius 1 is 0.630 bits per heavy atom. The van der Waals surface area contributed by atoms with E-state index in [4.69, 9.17) is 0 Å². The van der Waals surface area contributed by atoms with Crippen LogP contribution >= 0.6 is 0 Å². The predicted octanol–water partition coefficient (Wildman–Crippen LogP) is 12.2. The van der Waals surface area contributed by atoms with Gasteiger partial charge in [0.15, 0.2) is 0 Å². The number of unbranched alkanes of at least 4 members (excludes halogenated alkanes) is 19. The van der Waals surface area contributed by atoms with Crippen molar-refractivity contribution in [1.82, 2.24) is 20.0 Å². The molecular formula is C48H90N4O2. The normalized spacial score (nSPS) is 17.0. The fraction of sp³-hybridized carbons (Fsp3) is 0.875. The zero-order chi connectivity index (χ0) is 38.7. The molecule has 314 valence electrons. The fourth-order valence-corrected chi connectivity index (χ4v) is 8.33. The van der Waals surface area contributed by atoms with Crippen molar-refractivity contribution >= 4 is 11.8 Å². The number of allylic oxidation sites excluding steroid dienone is 4. The van der Waals surface area contributed by atoms with Gasteiger partial charge in [0, 0.05) is 51.7 Å². The molecule has 1 N–H and O–H groups in total. The van der Waals surface area contributed by atoms with Crippen molar-refractivity contribution in [3.8, 4) is 0 Å². The molecule has 0 aromatic rings. The molecule has 1 saturated carbocycles. The summed E-state index contributed by atoms with van der Waals surface area (Å²) in [5, 5.41) is 3.49. The van der Waals surface area contributed by atoms with Gasteiger partial charge in [-0.05, 0) is 64.8 Å². The summed E-state index contributed by atoms with van der Waals surface area (Å²) in [6.07, 6.45) is 46.5. The van der Waals surface area contributed by atoms with E-state index in [2.05, 4.69) is 60.3 Å². The molecule has 1 heterocycles. The number of amides is 2. The van der Waals surface area contributed by atoms with Crippen LogP contribution in [0.4, 0.5) is 0 Å². The molecule has 1 aliphatic heterocycles. The standard InChI is InChI=1S/C48H90N4O2/c1-4-6-8-10-12-14-16-18-19-20-22-24-26-28-34-38-47(53)52(44-43-51-41-39-50(3)40-42-51)46(48(54)49-45-35-31-29-30-32-36-45)37-33-27-25-23-21-17-15-13-11-9-7-5-2/h12,14,18-19,45-46H,4-11,13,15-17,20-44H2,1-3H3,(H,49,54)/b14-12-,19-18-. The lowest BCUT2D eigenvalue weighted by atomic mass is 10.0. The van der Waals surface area contributed by atoms with Crippen LogP contribution in [0.15, 0.2) is 24.3 Å². The van der Waals surface area contributed by atoms with E-state index in [9.17, 15) is 9.59 Å². The first-order valence-electron chi connectivity index (χ1n) is 23.9. The van der Waals surface area contributed by atoms with Crippen molar-refractivity contribution in [2.45, 2.75) is 225 Å². The fourth-order valence-electron chi connectivity index (χ4n) is 8.33. The van der Waals surface area contributed by atoms with Crippen molar-refractivity contribution in [2.75, 3.05) is 46.3 Å². The molecule has 0 bridgehead atoms. The summed E-state index contributed by atoms with van der Waals surface area (Å²) in [6, 6.07) is -0.0739. The molecule has 2 rings (SSSR count). The lowest BCUT2D eigenvalue weighted by Gasteiger charge is -2.36. The molecule has 6 heteroatoms. The lowest BCUT2D eigenvalue weighted by molar-refractivity contribution is -0.141. The Balaban J connectivity index is 1.88. The van der Waals surface area contributed by atoms with Crippen LogP contribution in [0.1, 0.15) is 213 Å². The summed E-state index contributed by atoms with van der Waals surface area (Å²) in [5.74, 6) is 0.325. The van der Waals surface area contributed by atoms with E-state index >= 15 is 0 Å². The third kappa shape index (κ3) is 25.5. The van der Waals surface area contributed by atoms with E-state index in [1.54, 1.807) is 0 Å². The molecule has 54 heavy (non-hydrogen) atoms. The average molecular weight is 755 g/mol. The first-order chi connectivity index (χ1) is 26.5. The molecule has 1 unspecified atom stereocenters. The maximum Gasteiger partial charge on any atom is 0.243 e. The molecule has 1 saturated heterocycles. The average Bonchev–Trinajstić information content (AvgIpc) is 3.45. The Morgan fingerprint density at radius 3 is 1.72 bits per heavy atom. The Bertz CT molecular complexity index is 935. The van der Waals surface area contributed by atoms with Gasteiger partial charge in [0.05, 0.1) is 0 Å². The highest BCUT2D eigenvalue weighted by molar-refractivity contribution is 5.87. The first-order valence-corrected chi connectivity index (χ1v) is 23.9. The number of hydrogen-bond donors (Lipinski definition) is 1. The molecule has 0 aromatic heterocycles. The molecule has 2 aliphatic rings. The molecule has 2 amide bonds. The molecule has 1 aliphatic carbocycles. The van der Waals surface area contributed by atoms with Crippen molar-refractivity contribution in [3.05, 3.63) is 24.3 Å². The number of piperazine rings is 1. The molecule has 0 radical (unpaired) electrons. The van der Waals surface area contributed by atoms with Gasteiger partial charge >= 0.3 is 0 Å². The highest BCUT2D eigenvalue weighted by atomic mass is 16.2. The highest BCUT2D eigenvalue weighted by Crippen LogP contribution is 2.21. The minimum Gasteiger partial charge on any atom is -0.352 e. The Hall–Kier alpha value is -1.66. The first kappa shape index (κ1) is 48.5. The lowest BCUT2D eigenvalue weighted by Crippen LogP contribution is -2.54. The largest absolute Gasteiger partial charge is 0.352 e. The van der Waals surface area contributed by atoms with Crippen LogP contribution in [-0.4, -0.2) is 84.9 Å². The zero-order valence-corrected chi connectivity index (χ0v) is 36.3. The molecular weight excluding hydrogens is 665 g/mol. The van der Waals surface area contributed by atoms with Crippen LogP contribution in [0.5, 0.6) is 0 Å². The van der Waals surface area contributed by atoms with E-state index in [0.29, 0.717) is 13.0 Å². The van der Waals surface area contributed by atoms with Gasteiger partial charge in [-0.15, -0.1) is 0 Å². The van der Waals surface area contributed by atoms with E-state index in [1.165, 1.54) is 135 Å². The Labute approximate surface area is 336 Å². The number of rotatable bonds is 33. The van der Waals surface area contributed by atoms with Gasteiger partial charge in [-0.25, -0.2) is 0 Å². The SMILES string of the molecule is CCCCC/C=C\C/C=C\CCCCCCCC(=O)N(CCN1CCN(C)CC1)C(CCCCCCCCCCCCCC)C(=O)NC1CCCCCC1. The van der Waals surface area contributed by atoms with Crippen molar-refractivity contribution in [3.63, 3.8) is 0 Å². The van der Waals surface area contributed by atoms with Crippen molar-refractivity contribution < 1.29 is 9.59 Å². The molecule has 2 fully saturated rings. The zero-order valence-electron chi connectivity index (χ0n) is 36.3. The van der Waals surface area contributed by atoms with Gasteiger partial charge in [-0.2, -0.15) is 0 Å². The molecule has 1 atom stereocenters. The highest BCUT2D eigenvalue weighted by Gasteiger charge is 2.31. The minimum atomic E-state index is -0.339. The van der Waals surface area contributed by atoms with Gasteiger partial charge in [0.1, 0.15) is 6.04 Å². The topological polar surface area (TPSA) is 55.9 Å². The van der Waals surface area contributed by atoms with Gasteiger partial charge in [-0.1, -0.05) is 173 Å². The predicted molar refractivity (Wildman–Crippen MR) is 234 cm³/mol. The number of carbonyl (C=O) groups excluding carboxylic acids is 2. The monoisotopic (exact) mass is 755 g/mol. The quantitative estimate of drug-likeness (QED) is 0.0412. The summed E-state index contributed by atoms with van der Waals surface area (Å²) in [5.41, 5.74) is 0. The maximum absolute atomic E-state index is 14.2. The van der Waals surface area contributed by atoms with Crippen LogP contribution in [0, 0.1) is 0 Å². The molecule has 0 spiro atoms. The van der Waals surface area contributed by atoms with Gasteiger partial charge in [0.2, 0.25) is 11.8 Å². The molecule has 0 aromatic carbocycles. The van der Waals surface area contributed by atoms with Crippen LogP contribution < -0.4 is 5.32 Å². The second kappa shape index (κ2) is 34.6. The van der Waals surface area contributed by atoms with E-state index in [1.807, 2.05) is 4.90 Å². The van der Waals surface area contributed by atoms with E-state index < -0.39 is 0 Å². The smallest absolute Gasteiger partial charge is 0.243 e. The summed E-state index contributed by atoms with van der Waals surface area (Å²) in [6.45, 7) is 10.3. The Kier molecular flexibility index (Phi) is 31.0. The summed E-state index contributed by atoms with van der Waals surface area (Å²) >= 11 is 0.